The van der Waals surface area contributed by atoms with Crippen LogP contribution in [0.15, 0.2) is 12.1 Å². The molecule has 0 aliphatic rings. The van der Waals surface area contributed by atoms with Gasteiger partial charge in [0.05, 0.1) is 14.2 Å². The van der Waals surface area contributed by atoms with Crippen LogP contribution in [0.1, 0.15) is 11.1 Å². The van der Waals surface area contributed by atoms with Crippen molar-refractivity contribution in [2.45, 2.75) is 6.92 Å². The number of aryl methyl sites for hydroxylation is 1. The maximum atomic E-state index is 10.3. The molecule has 0 spiro atoms. The van der Waals surface area contributed by atoms with Crippen molar-refractivity contribution < 1.29 is 14.3 Å². The summed E-state index contributed by atoms with van der Waals surface area (Å²) in [6.45, 7) is 1.89. The Balaban J connectivity index is 3.41. The van der Waals surface area contributed by atoms with E-state index in [1.165, 1.54) is 6.08 Å². The highest BCUT2D eigenvalue weighted by Gasteiger charge is 2.10. The first-order valence-electron chi connectivity index (χ1n) is 4.17. The summed E-state index contributed by atoms with van der Waals surface area (Å²) in [6, 6.07) is 3.67. The van der Waals surface area contributed by atoms with E-state index in [4.69, 9.17) is 9.47 Å². The largest absolute Gasteiger partial charge is 0.493 e. The highest BCUT2D eigenvalue weighted by molar-refractivity contribution is 5.80. The lowest BCUT2D eigenvalue weighted by atomic mass is 10.1. The molecule has 0 saturated carbocycles. The average molecular weight is 192 g/mol. The van der Waals surface area contributed by atoms with E-state index >= 15 is 0 Å². The van der Waals surface area contributed by atoms with Crippen LogP contribution in [0.25, 0.3) is 6.08 Å². The van der Waals surface area contributed by atoms with Gasteiger partial charge >= 0.3 is 0 Å². The van der Waals surface area contributed by atoms with E-state index in [2.05, 4.69) is 0 Å². The SMILES string of the molecule is COc1ccc(C)c(C=C=O)c1OC. The molecule has 0 saturated heterocycles. The minimum absolute atomic E-state index is 0.566. The molecule has 0 aromatic heterocycles. The van der Waals surface area contributed by atoms with Crippen molar-refractivity contribution in [2.24, 2.45) is 0 Å². The fourth-order valence-electron chi connectivity index (χ4n) is 1.29. The van der Waals surface area contributed by atoms with Crippen LogP contribution in [0.2, 0.25) is 0 Å². The quantitative estimate of drug-likeness (QED) is 0.686. The van der Waals surface area contributed by atoms with Crippen molar-refractivity contribution in [3.63, 3.8) is 0 Å². The second kappa shape index (κ2) is 4.49. The van der Waals surface area contributed by atoms with E-state index in [-0.39, 0.29) is 0 Å². The predicted octanol–water partition coefficient (Wildman–Crippen LogP) is 1.86. The lowest BCUT2D eigenvalue weighted by molar-refractivity contribution is 0.354. The van der Waals surface area contributed by atoms with E-state index in [1.807, 2.05) is 13.0 Å². The lowest BCUT2D eigenvalue weighted by Gasteiger charge is -2.11. The van der Waals surface area contributed by atoms with E-state index in [1.54, 1.807) is 26.2 Å². The first-order valence-corrected chi connectivity index (χ1v) is 4.17. The Labute approximate surface area is 83.0 Å². The Morgan fingerprint density at radius 1 is 1.29 bits per heavy atom. The zero-order valence-corrected chi connectivity index (χ0v) is 8.46. The van der Waals surface area contributed by atoms with Gasteiger partial charge in [-0.1, -0.05) is 6.07 Å². The summed E-state index contributed by atoms with van der Waals surface area (Å²) in [5.74, 6) is 2.92. The van der Waals surface area contributed by atoms with Gasteiger partial charge in [-0.05, 0) is 18.6 Å². The van der Waals surface area contributed by atoms with E-state index < -0.39 is 0 Å². The van der Waals surface area contributed by atoms with Crippen LogP contribution in [0.3, 0.4) is 0 Å². The van der Waals surface area contributed by atoms with Gasteiger partial charge in [0.2, 0.25) is 0 Å². The second-order valence-corrected chi connectivity index (χ2v) is 2.79. The third-order valence-electron chi connectivity index (χ3n) is 2.01. The molecular formula is C11H12O3. The monoisotopic (exact) mass is 192 g/mol. The van der Waals surface area contributed by atoms with Crippen LogP contribution in [-0.2, 0) is 4.79 Å². The molecule has 0 atom stereocenters. The van der Waals surface area contributed by atoms with Gasteiger partial charge in [-0.25, -0.2) is 4.79 Å². The van der Waals surface area contributed by atoms with Crippen molar-refractivity contribution in [1.82, 2.24) is 0 Å². The zero-order chi connectivity index (χ0) is 10.6. The molecule has 74 valence electrons. The molecule has 0 heterocycles. The van der Waals surface area contributed by atoms with Crippen LogP contribution < -0.4 is 9.47 Å². The average Bonchev–Trinajstić information content (AvgIpc) is 2.21. The van der Waals surface area contributed by atoms with Crippen LogP contribution in [0, 0.1) is 6.92 Å². The summed E-state index contributed by atoms with van der Waals surface area (Å²) < 4.78 is 10.3. The van der Waals surface area contributed by atoms with Crippen LogP contribution in [0.4, 0.5) is 0 Å². The standard InChI is InChI=1S/C11H12O3/c1-8-4-5-10(13-2)11(14-3)9(8)6-7-12/h4-6H,1-3H3. The van der Waals surface area contributed by atoms with E-state index in [0.29, 0.717) is 17.1 Å². The van der Waals surface area contributed by atoms with Crippen molar-refractivity contribution >= 4 is 12.0 Å². The molecule has 14 heavy (non-hydrogen) atoms. The first-order chi connectivity index (χ1) is 6.74. The van der Waals surface area contributed by atoms with Crippen LogP contribution in [0.5, 0.6) is 11.5 Å². The minimum atomic E-state index is 0.566. The first kappa shape index (κ1) is 10.4. The summed E-state index contributed by atoms with van der Waals surface area (Å²) >= 11 is 0. The number of methoxy groups -OCH3 is 2. The molecule has 0 N–H and O–H groups in total. The minimum Gasteiger partial charge on any atom is -0.493 e. The number of carbonyl (C=O) groups excluding carboxylic acids is 1. The Bertz CT molecular complexity index is 376. The van der Waals surface area contributed by atoms with Crippen LogP contribution >= 0.6 is 0 Å². The predicted molar refractivity (Wildman–Crippen MR) is 54.4 cm³/mol. The summed E-state index contributed by atoms with van der Waals surface area (Å²) in [5, 5.41) is 0. The number of hydrogen-bond acceptors (Lipinski definition) is 3. The molecule has 0 unspecified atom stereocenters. The molecule has 0 amide bonds. The molecule has 0 aliphatic carbocycles. The van der Waals surface area contributed by atoms with Crippen molar-refractivity contribution in [2.75, 3.05) is 14.2 Å². The second-order valence-electron chi connectivity index (χ2n) is 2.79. The normalized spacial score (nSPS) is 9.07. The van der Waals surface area contributed by atoms with Gasteiger partial charge in [0.25, 0.3) is 0 Å². The molecule has 3 nitrogen and oxygen atoms in total. The Morgan fingerprint density at radius 3 is 2.50 bits per heavy atom. The van der Waals surface area contributed by atoms with Gasteiger partial charge in [0.1, 0.15) is 5.94 Å². The summed E-state index contributed by atoms with van der Waals surface area (Å²) in [4.78, 5) is 10.3. The van der Waals surface area contributed by atoms with E-state index in [0.717, 1.165) is 5.56 Å². The molecule has 1 aromatic carbocycles. The van der Waals surface area contributed by atoms with Crippen molar-refractivity contribution in [1.29, 1.82) is 0 Å². The fourth-order valence-corrected chi connectivity index (χ4v) is 1.29. The number of benzene rings is 1. The van der Waals surface area contributed by atoms with Gasteiger partial charge in [-0.15, -0.1) is 0 Å². The Hall–Kier alpha value is -1.73. The van der Waals surface area contributed by atoms with Crippen molar-refractivity contribution in [3.8, 4) is 11.5 Å². The van der Waals surface area contributed by atoms with Crippen molar-refractivity contribution in [3.05, 3.63) is 23.3 Å². The smallest absolute Gasteiger partial charge is 0.168 e. The third kappa shape index (κ3) is 1.78. The molecule has 1 aromatic rings. The molecule has 0 aliphatic heterocycles. The van der Waals surface area contributed by atoms with Gasteiger partial charge in [0.15, 0.2) is 11.5 Å². The van der Waals surface area contributed by atoms with Gasteiger partial charge in [-0.2, -0.15) is 0 Å². The fraction of sp³-hybridized carbons (Fsp3) is 0.273. The van der Waals surface area contributed by atoms with Gasteiger partial charge in [0, 0.05) is 11.6 Å². The summed E-state index contributed by atoms with van der Waals surface area (Å²) in [5.41, 5.74) is 1.66. The zero-order valence-electron chi connectivity index (χ0n) is 8.46. The van der Waals surface area contributed by atoms with Crippen LogP contribution in [-0.4, -0.2) is 20.2 Å². The highest BCUT2D eigenvalue weighted by atomic mass is 16.5. The molecule has 1 rings (SSSR count). The number of rotatable bonds is 3. The molecule has 3 heteroatoms. The Morgan fingerprint density at radius 2 is 2.00 bits per heavy atom. The maximum Gasteiger partial charge on any atom is 0.168 e. The number of hydrogen-bond donors (Lipinski definition) is 0. The van der Waals surface area contributed by atoms with Gasteiger partial charge < -0.3 is 9.47 Å². The Kier molecular flexibility index (Phi) is 3.32. The molecule has 0 fully saturated rings. The highest BCUT2D eigenvalue weighted by Crippen LogP contribution is 2.33. The lowest BCUT2D eigenvalue weighted by Crippen LogP contribution is -1.95. The summed E-state index contributed by atoms with van der Waals surface area (Å²) in [7, 11) is 3.10. The molecule has 0 radical (unpaired) electrons. The molecule has 0 bridgehead atoms. The third-order valence-corrected chi connectivity index (χ3v) is 2.01. The van der Waals surface area contributed by atoms with Gasteiger partial charge in [-0.3, -0.25) is 0 Å². The van der Waals surface area contributed by atoms with E-state index in [9.17, 15) is 4.79 Å². The molecular weight excluding hydrogens is 180 g/mol. The number of ether oxygens (including phenoxy) is 2. The maximum absolute atomic E-state index is 10.3. The topological polar surface area (TPSA) is 35.5 Å². The summed E-state index contributed by atoms with van der Waals surface area (Å²) in [6.07, 6.45) is 1.34.